The predicted octanol–water partition coefficient (Wildman–Crippen LogP) is 0.622. The molecule has 0 fully saturated rings. The largest absolute Gasteiger partial charge is 0.407 e. The van der Waals surface area contributed by atoms with Crippen molar-refractivity contribution in [3.8, 4) is 0 Å². The molecule has 0 radical (unpaired) electrons. The van der Waals surface area contributed by atoms with E-state index in [0.717, 1.165) is 11.2 Å². The van der Waals surface area contributed by atoms with Gasteiger partial charge < -0.3 is 4.84 Å². The molecule has 2 aromatic heterocycles. The van der Waals surface area contributed by atoms with Crippen molar-refractivity contribution in [1.29, 1.82) is 0 Å². The molecule has 16 heavy (non-hydrogen) atoms. The van der Waals surface area contributed by atoms with Gasteiger partial charge in [-0.25, -0.2) is 9.78 Å². The number of halogens is 1. The van der Waals surface area contributed by atoms with Crippen LogP contribution in [0.2, 0.25) is 5.28 Å². The summed E-state index contributed by atoms with van der Waals surface area (Å²) in [6, 6.07) is 0. The lowest BCUT2D eigenvalue weighted by atomic mass is 10.5. The van der Waals surface area contributed by atoms with Gasteiger partial charge in [-0.05, 0) is 18.0 Å². The number of hydrogen-bond donors (Lipinski definition) is 0. The molecular weight excluding hydrogens is 232 g/mol. The van der Waals surface area contributed by atoms with Crippen LogP contribution >= 0.6 is 11.6 Å². The van der Waals surface area contributed by atoms with Gasteiger partial charge in [0.25, 0.3) is 0 Å². The Balaban J connectivity index is 2.66. The summed E-state index contributed by atoms with van der Waals surface area (Å²) in [4.78, 5) is 24.9. The molecule has 7 heteroatoms. The average Bonchev–Trinajstić information content (AvgIpc) is 2.50. The van der Waals surface area contributed by atoms with Crippen LogP contribution in [0.5, 0.6) is 0 Å². The fourth-order valence-corrected chi connectivity index (χ4v) is 1.49. The number of aryl methyl sites for hydroxylation is 1. The quantitative estimate of drug-likeness (QED) is 0.741. The third-order valence-electron chi connectivity index (χ3n) is 2.16. The SMILES string of the molecule is CCCOn1c(=O)n(C)c2cnc(Cl)nc21. The van der Waals surface area contributed by atoms with E-state index in [1.54, 1.807) is 7.05 Å². The minimum Gasteiger partial charge on any atom is -0.407 e. The summed E-state index contributed by atoms with van der Waals surface area (Å²) in [6.07, 6.45) is 2.31. The molecule has 0 unspecified atom stereocenters. The van der Waals surface area contributed by atoms with Gasteiger partial charge in [-0.15, -0.1) is 4.73 Å². The van der Waals surface area contributed by atoms with E-state index in [1.807, 2.05) is 6.92 Å². The highest BCUT2D eigenvalue weighted by atomic mass is 35.5. The third kappa shape index (κ3) is 1.65. The Bertz CT molecular complexity index is 575. The van der Waals surface area contributed by atoms with Crippen LogP contribution in [0.25, 0.3) is 11.2 Å². The van der Waals surface area contributed by atoms with Gasteiger partial charge in [0.2, 0.25) is 10.9 Å². The molecule has 0 aliphatic carbocycles. The molecule has 0 spiro atoms. The number of aromatic nitrogens is 4. The second kappa shape index (κ2) is 4.13. The maximum atomic E-state index is 11.8. The molecular formula is C9H11ClN4O2. The van der Waals surface area contributed by atoms with Gasteiger partial charge in [-0.3, -0.25) is 4.57 Å². The Kier molecular flexibility index (Phi) is 2.82. The number of fused-ring (bicyclic) bond motifs is 1. The average molecular weight is 243 g/mol. The summed E-state index contributed by atoms with van der Waals surface area (Å²) in [5, 5.41) is 0.0898. The van der Waals surface area contributed by atoms with E-state index in [0.29, 0.717) is 17.8 Å². The van der Waals surface area contributed by atoms with Gasteiger partial charge in [0.15, 0.2) is 0 Å². The van der Waals surface area contributed by atoms with E-state index in [2.05, 4.69) is 9.97 Å². The van der Waals surface area contributed by atoms with Crippen molar-refractivity contribution in [1.82, 2.24) is 19.3 Å². The first-order valence-corrected chi connectivity index (χ1v) is 5.26. The van der Waals surface area contributed by atoms with Crippen molar-refractivity contribution in [3.63, 3.8) is 0 Å². The van der Waals surface area contributed by atoms with Gasteiger partial charge in [0.1, 0.15) is 12.1 Å². The zero-order chi connectivity index (χ0) is 11.7. The predicted molar refractivity (Wildman–Crippen MR) is 59.5 cm³/mol. The van der Waals surface area contributed by atoms with E-state index in [-0.39, 0.29) is 11.0 Å². The summed E-state index contributed by atoms with van der Waals surface area (Å²) in [6.45, 7) is 2.40. The second-order valence-corrected chi connectivity index (χ2v) is 3.66. The summed E-state index contributed by atoms with van der Waals surface area (Å²) in [5.41, 5.74) is 0.687. The van der Waals surface area contributed by atoms with Crippen LogP contribution in [0.1, 0.15) is 13.3 Å². The summed E-state index contributed by atoms with van der Waals surface area (Å²) >= 11 is 5.68. The normalized spacial score (nSPS) is 10.9. The molecule has 0 bridgehead atoms. The Hall–Kier alpha value is -1.56. The highest BCUT2D eigenvalue weighted by molar-refractivity contribution is 6.28. The lowest BCUT2D eigenvalue weighted by Gasteiger charge is -2.02. The van der Waals surface area contributed by atoms with Crippen LogP contribution in [-0.4, -0.2) is 25.9 Å². The first kappa shape index (κ1) is 10.9. The Labute approximate surface area is 96.4 Å². The zero-order valence-electron chi connectivity index (χ0n) is 8.97. The zero-order valence-corrected chi connectivity index (χ0v) is 9.73. The van der Waals surface area contributed by atoms with Gasteiger partial charge in [-0.2, -0.15) is 4.98 Å². The van der Waals surface area contributed by atoms with Crippen LogP contribution < -0.4 is 10.5 Å². The van der Waals surface area contributed by atoms with E-state index < -0.39 is 0 Å². The lowest BCUT2D eigenvalue weighted by Crippen LogP contribution is -2.28. The fourth-order valence-electron chi connectivity index (χ4n) is 1.36. The van der Waals surface area contributed by atoms with Gasteiger partial charge in [0, 0.05) is 7.05 Å². The Morgan fingerprint density at radius 2 is 2.31 bits per heavy atom. The molecule has 0 aliphatic heterocycles. The second-order valence-electron chi connectivity index (χ2n) is 3.32. The van der Waals surface area contributed by atoms with E-state index in [1.165, 1.54) is 10.8 Å². The molecule has 2 aromatic rings. The van der Waals surface area contributed by atoms with Crippen molar-refractivity contribution >= 4 is 22.8 Å². The summed E-state index contributed by atoms with van der Waals surface area (Å²) in [7, 11) is 1.63. The number of imidazole rings is 1. The maximum Gasteiger partial charge on any atom is 0.363 e. The molecule has 2 rings (SSSR count). The van der Waals surface area contributed by atoms with Crippen molar-refractivity contribution in [2.45, 2.75) is 13.3 Å². The van der Waals surface area contributed by atoms with E-state index in [4.69, 9.17) is 16.4 Å². The van der Waals surface area contributed by atoms with E-state index >= 15 is 0 Å². The maximum absolute atomic E-state index is 11.8. The van der Waals surface area contributed by atoms with Crippen LogP contribution in [0.4, 0.5) is 0 Å². The molecule has 0 aromatic carbocycles. The third-order valence-corrected chi connectivity index (χ3v) is 2.34. The fraction of sp³-hybridized carbons (Fsp3) is 0.444. The van der Waals surface area contributed by atoms with Crippen LogP contribution in [0.3, 0.4) is 0 Å². The highest BCUT2D eigenvalue weighted by Crippen LogP contribution is 2.09. The molecule has 0 atom stereocenters. The van der Waals surface area contributed by atoms with E-state index in [9.17, 15) is 4.79 Å². The smallest absolute Gasteiger partial charge is 0.363 e. The summed E-state index contributed by atoms with van der Waals surface area (Å²) < 4.78 is 2.56. The van der Waals surface area contributed by atoms with Crippen molar-refractivity contribution in [3.05, 3.63) is 22.0 Å². The standard InChI is InChI=1S/C9H11ClN4O2/c1-3-4-16-14-7-6(13(2)9(14)15)5-11-8(10)12-7/h5H,3-4H2,1-2H3. The Morgan fingerprint density at radius 3 is 3.00 bits per heavy atom. The molecule has 0 N–H and O–H groups in total. The highest BCUT2D eigenvalue weighted by Gasteiger charge is 2.13. The first-order valence-electron chi connectivity index (χ1n) is 4.88. The van der Waals surface area contributed by atoms with Crippen LogP contribution in [-0.2, 0) is 7.05 Å². The lowest BCUT2D eigenvalue weighted by molar-refractivity contribution is 0.109. The molecule has 2 heterocycles. The number of hydrogen-bond acceptors (Lipinski definition) is 4. The molecule has 0 saturated heterocycles. The molecule has 6 nitrogen and oxygen atoms in total. The molecule has 0 saturated carbocycles. The molecule has 86 valence electrons. The molecule has 0 aliphatic rings. The Morgan fingerprint density at radius 1 is 1.56 bits per heavy atom. The minimum absolute atomic E-state index is 0.0898. The minimum atomic E-state index is -0.292. The number of rotatable bonds is 3. The van der Waals surface area contributed by atoms with Crippen LogP contribution in [0, 0.1) is 0 Å². The molecule has 0 amide bonds. The van der Waals surface area contributed by atoms with Gasteiger partial charge in [0.05, 0.1) is 6.20 Å². The summed E-state index contributed by atoms with van der Waals surface area (Å²) in [5.74, 6) is 0. The van der Waals surface area contributed by atoms with Crippen molar-refractivity contribution in [2.75, 3.05) is 6.61 Å². The van der Waals surface area contributed by atoms with Gasteiger partial charge in [-0.1, -0.05) is 6.92 Å². The van der Waals surface area contributed by atoms with Crippen LogP contribution in [0.15, 0.2) is 11.0 Å². The van der Waals surface area contributed by atoms with Gasteiger partial charge >= 0.3 is 5.69 Å². The topological polar surface area (TPSA) is 61.9 Å². The first-order chi connectivity index (χ1) is 7.65. The number of nitrogens with zero attached hydrogens (tertiary/aromatic N) is 4. The van der Waals surface area contributed by atoms with Crippen molar-refractivity contribution in [2.24, 2.45) is 7.05 Å². The monoisotopic (exact) mass is 242 g/mol. The van der Waals surface area contributed by atoms with Crippen molar-refractivity contribution < 1.29 is 4.84 Å².